The number of carboxylic acid groups (broad SMARTS) is 1. The van der Waals surface area contributed by atoms with Crippen LogP contribution in [0, 0.1) is 5.41 Å². The summed E-state index contributed by atoms with van der Waals surface area (Å²) in [4.78, 5) is 14.5. The zero-order valence-electron chi connectivity index (χ0n) is 11.4. The average molecular weight is 304 g/mol. The number of pyridine rings is 1. The van der Waals surface area contributed by atoms with Crippen LogP contribution in [-0.2, 0) is 6.18 Å². The summed E-state index contributed by atoms with van der Waals surface area (Å²) in [6.45, 7) is 3.49. The van der Waals surface area contributed by atoms with E-state index < -0.39 is 29.4 Å². The Balaban J connectivity index is 2.34. The summed E-state index contributed by atoms with van der Waals surface area (Å²) in [5, 5.41) is 21.4. The summed E-state index contributed by atoms with van der Waals surface area (Å²) >= 11 is 0. The van der Waals surface area contributed by atoms with Crippen molar-refractivity contribution in [3.05, 3.63) is 23.4 Å². The van der Waals surface area contributed by atoms with Crippen molar-refractivity contribution in [1.29, 1.82) is 0 Å². The van der Waals surface area contributed by atoms with E-state index in [2.05, 4.69) is 10.3 Å². The predicted octanol–water partition coefficient (Wildman–Crippen LogP) is 2.37. The van der Waals surface area contributed by atoms with E-state index in [9.17, 15) is 23.1 Å². The van der Waals surface area contributed by atoms with E-state index in [1.807, 2.05) is 0 Å². The molecule has 1 aliphatic carbocycles. The van der Waals surface area contributed by atoms with Crippen molar-refractivity contribution < 1.29 is 28.2 Å². The summed E-state index contributed by atoms with van der Waals surface area (Å²) in [6.07, 6.45) is -4.92. The number of anilines is 1. The highest BCUT2D eigenvalue weighted by atomic mass is 19.4. The first-order valence-corrected chi connectivity index (χ1v) is 6.29. The van der Waals surface area contributed by atoms with E-state index in [0.717, 1.165) is 6.07 Å². The Morgan fingerprint density at radius 3 is 2.48 bits per heavy atom. The van der Waals surface area contributed by atoms with Crippen LogP contribution in [0.5, 0.6) is 0 Å². The quantitative estimate of drug-likeness (QED) is 0.798. The number of carbonyl (C=O) groups is 1. The van der Waals surface area contributed by atoms with Crippen LogP contribution in [0.15, 0.2) is 12.1 Å². The van der Waals surface area contributed by atoms with Crippen LogP contribution in [0.4, 0.5) is 19.0 Å². The molecule has 2 unspecified atom stereocenters. The van der Waals surface area contributed by atoms with Crippen molar-refractivity contribution in [2.24, 2.45) is 5.41 Å². The van der Waals surface area contributed by atoms with E-state index in [1.54, 1.807) is 13.8 Å². The summed E-state index contributed by atoms with van der Waals surface area (Å²) in [5.74, 6) is -1.70. The fourth-order valence-electron chi connectivity index (χ4n) is 2.21. The van der Waals surface area contributed by atoms with Gasteiger partial charge in [-0.3, -0.25) is 0 Å². The van der Waals surface area contributed by atoms with Crippen LogP contribution in [-0.4, -0.2) is 33.3 Å². The molecule has 0 aromatic carbocycles. The number of aliphatic hydroxyl groups excluding tert-OH is 1. The molecule has 1 aromatic rings. The van der Waals surface area contributed by atoms with Gasteiger partial charge in [-0.05, 0) is 18.6 Å². The first-order chi connectivity index (χ1) is 9.53. The lowest BCUT2D eigenvalue weighted by atomic mass is 9.64. The van der Waals surface area contributed by atoms with Gasteiger partial charge in [0, 0.05) is 11.5 Å². The SMILES string of the molecule is CC1(C)C(O)CC1Nc1nc(C(F)(F)F)ccc1C(=O)O. The van der Waals surface area contributed by atoms with Gasteiger partial charge in [-0.1, -0.05) is 13.8 Å². The van der Waals surface area contributed by atoms with Gasteiger partial charge >= 0.3 is 12.1 Å². The Kier molecular flexibility index (Phi) is 3.61. The first kappa shape index (κ1) is 15.6. The number of aliphatic hydroxyl groups is 1. The molecular formula is C13H15F3N2O3. The number of rotatable bonds is 3. The normalized spacial score (nSPS) is 24.3. The summed E-state index contributed by atoms with van der Waals surface area (Å²) in [5.41, 5.74) is -2.06. The Morgan fingerprint density at radius 1 is 1.43 bits per heavy atom. The van der Waals surface area contributed by atoms with Crippen LogP contribution >= 0.6 is 0 Å². The lowest BCUT2D eigenvalue weighted by Crippen LogP contribution is -2.57. The maximum Gasteiger partial charge on any atom is 0.433 e. The zero-order chi connectivity index (χ0) is 16.0. The number of aromatic carboxylic acids is 1. The van der Waals surface area contributed by atoms with Gasteiger partial charge in [0.1, 0.15) is 17.1 Å². The minimum Gasteiger partial charge on any atom is -0.478 e. The van der Waals surface area contributed by atoms with Crippen molar-refractivity contribution in [1.82, 2.24) is 4.98 Å². The summed E-state index contributed by atoms with van der Waals surface area (Å²) in [7, 11) is 0. The molecule has 1 aliphatic rings. The van der Waals surface area contributed by atoms with Gasteiger partial charge in [0.2, 0.25) is 0 Å². The number of nitrogens with zero attached hydrogens (tertiary/aromatic N) is 1. The summed E-state index contributed by atoms with van der Waals surface area (Å²) in [6, 6.07) is 1.17. The standard InChI is InChI=1S/C13H15F3N2O3/c1-12(2)8(5-9(12)19)18-10-6(11(20)21)3-4-7(17-10)13(14,15)16/h3-4,8-9,19H,5H2,1-2H3,(H,17,18)(H,20,21). The first-order valence-electron chi connectivity index (χ1n) is 6.29. The number of halogens is 3. The number of nitrogens with one attached hydrogen (secondary N) is 1. The molecule has 1 aromatic heterocycles. The molecule has 21 heavy (non-hydrogen) atoms. The Bertz CT molecular complexity index is 572. The van der Waals surface area contributed by atoms with Crippen LogP contribution in [0.1, 0.15) is 36.3 Å². The second kappa shape index (κ2) is 4.87. The van der Waals surface area contributed by atoms with Gasteiger partial charge in [0.15, 0.2) is 0 Å². The third-order valence-corrected chi connectivity index (χ3v) is 3.94. The van der Waals surface area contributed by atoms with E-state index in [0.29, 0.717) is 12.5 Å². The molecule has 5 nitrogen and oxygen atoms in total. The second-order valence-corrected chi connectivity index (χ2v) is 5.67. The minimum atomic E-state index is -4.65. The van der Waals surface area contributed by atoms with Gasteiger partial charge in [0.05, 0.1) is 6.10 Å². The van der Waals surface area contributed by atoms with Crippen molar-refractivity contribution in [2.75, 3.05) is 5.32 Å². The highest BCUT2D eigenvalue weighted by Crippen LogP contribution is 2.42. The second-order valence-electron chi connectivity index (χ2n) is 5.67. The Labute approximate surface area is 118 Å². The van der Waals surface area contributed by atoms with E-state index in [4.69, 9.17) is 5.11 Å². The topological polar surface area (TPSA) is 82.5 Å². The number of carboxylic acids is 1. The Morgan fingerprint density at radius 2 is 2.05 bits per heavy atom. The van der Waals surface area contributed by atoms with Crippen LogP contribution < -0.4 is 5.32 Å². The van der Waals surface area contributed by atoms with Crippen LogP contribution in [0.3, 0.4) is 0 Å². The maximum absolute atomic E-state index is 12.7. The van der Waals surface area contributed by atoms with E-state index in [-0.39, 0.29) is 17.4 Å². The fraction of sp³-hybridized carbons (Fsp3) is 0.538. The van der Waals surface area contributed by atoms with Crippen molar-refractivity contribution >= 4 is 11.8 Å². The van der Waals surface area contributed by atoms with Crippen molar-refractivity contribution in [3.8, 4) is 0 Å². The van der Waals surface area contributed by atoms with E-state index >= 15 is 0 Å². The molecule has 0 amide bonds. The van der Waals surface area contributed by atoms with Gasteiger partial charge in [-0.25, -0.2) is 9.78 Å². The molecule has 0 radical (unpaired) electrons. The molecule has 0 aliphatic heterocycles. The molecule has 0 bridgehead atoms. The number of aromatic nitrogens is 1. The molecule has 0 saturated heterocycles. The highest BCUT2D eigenvalue weighted by Gasteiger charge is 2.48. The molecule has 1 heterocycles. The van der Waals surface area contributed by atoms with Gasteiger partial charge in [-0.15, -0.1) is 0 Å². The van der Waals surface area contributed by atoms with E-state index in [1.165, 1.54) is 0 Å². The minimum absolute atomic E-state index is 0.323. The number of hydrogen-bond acceptors (Lipinski definition) is 4. The third-order valence-electron chi connectivity index (χ3n) is 3.94. The zero-order valence-corrected chi connectivity index (χ0v) is 11.4. The van der Waals surface area contributed by atoms with Crippen LogP contribution in [0.2, 0.25) is 0 Å². The monoisotopic (exact) mass is 304 g/mol. The smallest absolute Gasteiger partial charge is 0.433 e. The van der Waals surface area contributed by atoms with Gasteiger partial charge in [0.25, 0.3) is 0 Å². The van der Waals surface area contributed by atoms with Crippen LogP contribution in [0.25, 0.3) is 0 Å². The number of alkyl halides is 3. The van der Waals surface area contributed by atoms with Gasteiger partial charge in [-0.2, -0.15) is 13.2 Å². The maximum atomic E-state index is 12.7. The Hall–Kier alpha value is -1.83. The molecule has 116 valence electrons. The predicted molar refractivity (Wildman–Crippen MR) is 68.0 cm³/mol. The molecule has 2 rings (SSSR count). The molecule has 0 spiro atoms. The van der Waals surface area contributed by atoms with Gasteiger partial charge < -0.3 is 15.5 Å². The lowest BCUT2D eigenvalue weighted by Gasteiger charge is -2.49. The molecule has 1 fully saturated rings. The molecule has 8 heteroatoms. The molecule has 2 atom stereocenters. The lowest BCUT2D eigenvalue weighted by molar-refractivity contribution is -0.141. The fourth-order valence-corrected chi connectivity index (χ4v) is 2.21. The largest absolute Gasteiger partial charge is 0.478 e. The van der Waals surface area contributed by atoms with Crippen molar-refractivity contribution in [2.45, 2.75) is 38.6 Å². The molecular weight excluding hydrogens is 289 g/mol. The average Bonchev–Trinajstić information content (AvgIpc) is 2.37. The highest BCUT2D eigenvalue weighted by molar-refractivity contribution is 5.93. The summed E-state index contributed by atoms with van der Waals surface area (Å²) < 4.78 is 38.0. The van der Waals surface area contributed by atoms with Crippen molar-refractivity contribution in [3.63, 3.8) is 0 Å². The number of hydrogen-bond donors (Lipinski definition) is 3. The molecule has 3 N–H and O–H groups in total. The molecule has 1 saturated carbocycles. The third kappa shape index (κ3) is 2.80.